The summed E-state index contributed by atoms with van der Waals surface area (Å²) in [6, 6.07) is 0. The zero-order chi connectivity index (χ0) is 24.4. The van der Waals surface area contributed by atoms with Gasteiger partial charge in [0.2, 0.25) is 0 Å². The van der Waals surface area contributed by atoms with Crippen molar-refractivity contribution < 1.29 is 23.1 Å². The number of halogens is 3. The molecule has 0 aromatic carbocycles. The van der Waals surface area contributed by atoms with E-state index in [0.29, 0.717) is 25.7 Å². The molecule has 4 aliphatic carbocycles. The van der Waals surface area contributed by atoms with E-state index in [1.165, 1.54) is 0 Å². The molecule has 0 radical (unpaired) electrons. The van der Waals surface area contributed by atoms with Gasteiger partial charge in [-0.2, -0.15) is 13.2 Å². The number of hydrogen-bond donors (Lipinski definition) is 3. The van der Waals surface area contributed by atoms with E-state index in [9.17, 15) is 23.1 Å². The number of carbonyl (C=O) groups excluding carboxylic acids is 1. The molecule has 188 valence electrons. The van der Waals surface area contributed by atoms with E-state index in [4.69, 9.17) is 11.6 Å². The monoisotopic (exact) mass is 472 g/mol. The summed E-state index contributed by atoms with van der Waals surface area (Å²) < 4.78 is 44.4. The van der Waals surface area contributed by atoms with Crippen LogP contribution in [0.3, 0.4) is 0 Å². The number of hydrogen-bond acceptors (Lipinski definition) is 5. The summed E-state index contributed by atoms with van der Waals surface area (Å²) in [5, 5.41) is 15.5. The lowest BCUT2D eigenvalue weighted by molar-refractivity contribution is -0.310. The number of nitrogens with two attached hydrogens (primary N) is 2. The fourth-order valence-corrected chi connectivity index (χ4v) is 8.69. The molecule has 8 atom stereocenters. The predicted octanol–water partition coefficient (Wildman–Crippen LogP) is 3.98. The van der Waals surface area contributed by atoms with Crippen LogP contribution in [0.1, 0.15) is 78.6 Å². The molecule has 0 amide bonds. The van der Waals surface area contributed by atoms with Crippen molar-refractivity contribution in [3.05, 3.63) is 0 Å². The Balaban J connectivity index is 1.59. The molecule has 33 heavy (non-hydrogen) atoms. The first kappa shape index (κ1) is 24.8. The Bertz CT molecular complexity index is 812. The third kappa shape index (κ3) is 3.97. The van der Waals surface area contributed by atoms with Gasteiger partial charge in [-0.3, -0.25) is 4.79 Å². The summed E-state index contributed by atoms with van der Waals surface area (Å²) in [7, 11) is 0. The molecule has 8 unspecified atom stereocenters. The van der Waals surface area contributed by atoms with Crippen molar-refractivity contribution in [3.8, 4) is 0 Å². The Morgan fingerprint density at radius 2 is 1.79 bits per heavy atom. The van der Waals surface area contributed by atoms with Crippen LogP contribution in [-0.4, -0.2) is 40.2 Å². The van der Waals surface area contributed by atoms with E-state index in [-0.39, 0.29) is 60.6 Å². The van der Waals surface area contributed by atoms with Crippen LogP contribution in [0.25, 0.3) is 0 Å². The van der Waals surface area contributed by atoms with Crippen molar-refractivity contribution in [1.29, 1.82) is 0 Å². The first-order chi connectivity index (χ1) is 15.2. The molecule has 0 saturated heterocycles. The average molecular weight is 473 g/mol. The van der Waals surface area contributed by atoms with Gasteiger partial charge in [-0.25, -0.2) is 11.0 Å². The molecule has 0 aromatic heterocycles. The van der Waals surface area contributed by atoms with E-state index in [1.807, 2.05) is 0 Å². The lowest BCUT2D eigenvalue weighted by Gasteiger charge is -2.62. The standard InChI is InChI=1S/C24H39F3N4O2/c1-14(28)30-31(29)13-20(32)19-7-6-17-16-5-4-15-12-21(2,33)10-11-23(15,24(25,26)27)18(16)8-9-22(17,19)3/h15-19,33H,4-13,29H2,1-3H3,(H2,28,30). The maximum Gasteiger partial charge on any atom is 0.395 e. The van der Waals surface area contributed by atoms with Crippen molar-refractivity contribution >= 4 is 11.6 Å². The summed E-state index contributed by atoms with van der Waals surface area (Å²) in [6.07, 6.45) is 0.0125. The van der Waals surface area contributed by atoms with Crippen LogP contribution in [0.4, 0.5) is 13.2 Å². The molecule has 4 saturated carbocycles. The van der Waals surface area contributed by atoms with Crippen LogP contribution in [0.15, 0.2) is 5.10 Å². The van der Waals surface area contributed by atoms with Gasteiger partial charge in [-0.1, -0.05) is 6.92 Å². The highest BCUT2D eigenvalue weighted by Crippen LogP contribution is 2.71. The number of Topliss-reactive ketones (excluding diaryl/α,β-unsaturated/α-hetero) is 1. The van der Waals surface area contributed by atoms with E-state index >= 15 is 0 Å². The normalized spacial score (nSPS) is 45.7. The molecule has 6 nitrogen and oxygen atoms in total. The minimum Gasteiger partial charge on any atom is -0.390 e. The number of aliphatic hydroxyl groups is 1. The molecule has 0 bridgehead atoms. The van der Waals surface area contributed by atoms with Gasteiger partial charge in [0.05, 0.1) is 11.0 Å². The Labute approximate surface area is 194 Å². The summed E-state index contributed by atoms with van der Waals surface area (Å²) in [6.45, 7) is 5.34. The maximum atomic E-state index is 14.8. The van der Waals surface area contributed by atoms with Gasteiger partial charge in [0.15, 0.2) is 5.78 Å². The van der Waals surface area contributed by atoms with Gasteiger partial charge in [0.1, 0.15) is 12.4 Å². The minimum absolute atomic E-state index is 0.00103. The largest absolute Gasteiger partial charge is 0.395 e. The van der Waals surface area contributed by atoms with E-state index in [1.54, 1.807) is 13.8 Å². The van der Waals surface area contributed by atoms with Crippen LogP contribution >= 0.6 is 0 Å². The number of amidine groups is 1. The number of alkyl halides is 3. The van der Waals surface area contributed by atoms with Gasteiger partial charge in [-0.15, -0.1) is 5.10 Å². The first-order valence-corrected chi connectivity index (χ1v) is 12.4. The van der Waals surface area contributed by atoms with Crippen molar-refractivity contribution in [2.24, 2.45) is 57.1 Å². The highest BCUT2D eigenvalue weighted by atomic mass is 19.4. The predicted molar refractivity (Wildman–Crippen MR) is 119 cm³/mol. The Kier molecular flexibility index (Phi) is 6.08. The molecule has 4 rings (SSSR count). The first-order valence-electron chi connectivity index (χ1n) is 12.4. The van der Waals surface area contributed by atoms with Gasteiger partial charge in [-0.05, 0) is 101 Å². The smallest absolute Gasteiger partial charge is 0.390 e. The highest BCUT2D eigenvalue weighted by molar-refractivity contribution is 5.84. The lowest BCUT2D eigenvalue weighted by Crippen LogP contribution is -2.62. The average Bonchev–Trinajstić information content (AvgIpc) is 3.02. The quantitative estimate of drug-likeness (QED) is 0.248. The Hall–Kier alpha value is -1.35. The van der Waals surface area contributed by atoms with Crippen molar-refractivity contribution in [3.63, 3.8) is 0 Å². The molecule has 0 spiro atoms. The second-order valence-corrected chi connectivity index (χ2v) is 11.9. The van der Waals surface area contributed by atoms with Crippen LogP contribution < -0.4 is 11.6 Å². The summed E-state index contributed by atoms with van der Waals surface area (Å²) in [5.74, 6) is 5.01. The van der Waals surface area contributed by atoms with Gasteiger partial charge in [0.25, 0.3) is 0 Å². The van der Waals surface area contributed by atoms with Crippen LogP contribution in [0, 0.1) is 40.4 Å². The maximum absolute atomic E-state index is 14.8. The van der Waals surface area contributed by atoms with Crippen molar-refractivity contribution in [2.45, 2.75) is 90.3 Å². The number of nitrogens with zero attached hydrogens (tertiary/aromatic N) is 2. The van der Waals surface area contributed by atoms with Gasteiger partial charge < -0.3 is 10.8 Å². The summed E-state index contributed by atoms with van der Waals surface area (Å²) in [4.78, 5) is 13.1. The lowest BCUT2D eigenvalue weighted by atomic mass is 9.43. The highest BCUT2D eigenvalue weighted by Gasteiger charge is 2.71. The van der Waals surface area contributed by atoms with Gasteiger partial charge >= 0.3 is 6.18 Å². The van der Waals surface area contributed by atoms with Crippen molar-refractivity contribution in [2.75, 3.05) is 6.54 Å². The van der Waals surface area contributed by atoms with Crippen molar-refractivity contribution in [1.82, 2.24) is 5.12 Å². The molecule has 9 heteroatoms. The van der Waals surface area contributed by atoms with Crippen LogP contribution in [0.5, 0.6) is 0 Å². The third-order valence-electron chi connectivity index (χ3n) is 9.96. The fraction of sp³-hybridized carbons (Fsp3) is 0.917. The SMILES string of the molecule is CC(N)=NN(N)CC(=O)C1CCC2C3CCC4CC(C)(O)CCC4(C(F)(F)F)C3CCC12C. The van der Waals surface area contributed by atoms with E-state index in [0.717, 1.165) is 18.0 Å². The second-order valence-electron chi connectivity index (χ2n) is 11.9. The molecule has 4 fully saturated rings. The number of hydrazine groups is 1. The second kappa shape index (κ2) is 8.11. The molecule has 5 N–H and O–H groups in total. The topological polar surface area (TPSA) is 105 Å². The number of ketones is 1. The van der Waals surface area contributed by atoms with Crippen LogP contribution in [0.2, 0.25) is 0 Å². The molecule has 4 aliphatic rings. The Morgan fingerprint density at radius 1 is 1.09 bits per heavy atom. The van der Waals surface area contributed by atoms with Gasteiger partial charge in [0, 0.05) is 5.92 Å². The molecule has 0 heterocycles. The molecule has 0 aromatic rings. The number of rotatable bonds is 4. The number of carbonyl (C=O) groups is 1. The number of hydrazone groups is 1. The third-order valence-corrected chi connectivity index (χ3v) is 9.96. The zero-order valence-corrected chi connectivity index (χ0v) is 20.0. The molecule has 0 aliphatic heterocycles. The molecular formula is C24H39F3N4O2. The van der Waals surface area contributed by atoms with E-state index in [2.05, 4.69) is 12.0 Å². The zero-order valence-electron chi connectivity index (χ0n) is 20.0. The van der Waals surface area contributed by atoms with E-state index < -0.39 is 29.0 Å². The summed E-state index contributed by atoms with van der Waals surface area (Å²) >= 11 is 0. The minimum atomic E-state index is -4.28. The Morgan fingerprint density at radius 3 is 2.42 bits per heavy atom. The summed E-state index contributed by atoms with van der Waals surface area (Å²) in [5.41, 5.74) is 2.53. The number of fused-ring (bicyclic) bond motifs is 5. The molecular weight excluding hydrogens is 433 g/mol. The fourth-order valence-electron chi connectivity index (χ4n) is 8.69. The van der Waals surface area contributed by atoms with Crippen LogP contribution in [-0.2, 0) is 4.79 Å².